The van der Waals surface area contributed by atoms with Crippen LogP contribution in [0.4, 0.5) is 18.9 Å². The summed E-state index contributed by atoms with van der Waals surface area (Å²) in [5.74, 6) is 0.705. The van der Waals surface area contributed by atoms with Crippen molar-refractivity contribution in [1.82, 2.24) is 0 Å². The first-order chi connectivity index (χ1) is 16.1. The molecule has 0 bridgehead atoms. The predicted octanol–water partition coefficient (Wildman–Crippen LogP) is 4.53. The summed E-state index contributed by atoms with van der Waals surface area (Å²) in [4.78, 5) is -0.105. The van der Waals surface area contributed by atoms with Gasteiger partial charge in [0.05, 0.1) is 29.4 Å². The third-order valence-corrected chi connectivity index (χ3v) is 8.38. The zero-order valence-corrected chi connectivity index (χ0v) is 19.7. The summed E-state index contributed by atoms with van der Waals surface area (Å²) in [5.41, 5.74) is 0.00274. The number of rotatable bonds is 6. The number of hydrogen-bond donors (Lipinski definition) is 1. The Hall–Kier alpha value is -2.30. The molecule has 2 aromatic rings. The molecule has 0 saturated carbocycles. The third kappa shape index (κ3) is 5.04. The average Bonchev–Trinajstić information content (AvgIpc) is 2.82. The van der Waals surface area contributed by atoms with E-state index < -0.39 is 34.4 Å². The Morgan fingerprint density at radius 1 is 1.12 bits per heavy atom. The summed E-state index contributed by atoms with van der Waals surface area (Å²) in [7, 11) is -4.19. The van der Waals surface area contributed by atoms with E-state index in [0.29, 0.717) is 55.5 Å². The van der Waals surface area contributed by atoms with Crippen LogP contribution in [-0.4, -0.2) is 39.4 Å². The van der Waals surface area contributed by atoms with Crippen LogP contribution in [0.5, 0.6) is 5.75 Å². The smallest absolute Gasteiger partial charge is 0.416 e. The molecule has 0 aliphatic carbocycles. The van der Waals surface area contributed by atoms with Gasteiger partial charge in [-0.05, 0) is 74.4 Å². The lowest BCUT2D eigenvalue weighted by Gasteiger charge is -2.36. The molecule has 186 valence electrons. The Labute approximate surface area is 197 Å². The SMILES string of the molecule is C[C@H]1CCc2ccc(C(F)(F)F)cc2N1S(=O)(=O)c1ccc(OCC2CCOCC2)c(CO)c1. The molecule has 1 saturated heterocycles. The van der Waals surface area contributed by atoms with Crippen LogP contribution >= 0.6 is 0 Å². The topological polar surface area (TPSA) is 76.1 Å². The number of alkyl halides is 3. The maximum absolute atomic E-state index is 13.6. The molecule has 2 aromatic carbocycles. The number of fused-ring (bicyclic) bond motifs is 1. The standard InChI is InChI=1S/C24H28F3NO5S/c1-16-2-3-18-4-5-20(24(25,26)27)13-22(18)28(16)34(30,31)21-6-7-23(19(12-21)14-29)33-15-17-8-10-32-11-9-17/h4-7,12-13,16-17,29H,2-3,8-11,14-15H2,1H3/t16-/m0/s1. The summed E-state index contributed by atoms with van der Waals surface area (Å²) in [6.07, 6.45) is -1.88. The predicted molar refractivity (Wildman–Crippen MR) is 120 cm³/mol. The van der Waals surface area contributed by atoms with Gasteiger partial charge in [0, 0.05) is 24.8 Å². The van der Waals surface area contributed by atoms with Gasteiger partial charge in [-0.25, -0.2) is 8.42 Å². The van der Waals surface area contributed by atoms with E-state index in [1.54, 1.807) is 6.92 Å². The number of aliphatic hydroxyl groups is 1. The van der Waals surface area contributed by atoms with Gasteiger partial charge in [-0.2, -0.15) is 13.2 Å². The van der Waals surface area contributed by atoms with E-state index in [1.165, 1.54) is 24.3 Å². The van der Waals surface area contributed by atoms with Crippen molar-refractivity contribution in [2.75, 3.05) is 24.1 Å². The van der Waals surface area contributed by atoms with Crippen LogP contribution in [0.15, 0.2) is 41.3 Å². The molecule has 1 atom stereocenters. The second-order valence-corrected chi connectivity index (χ2v) is 10.6. The number of sulfonamides is 1. The highest BCUT2D eigenvalue weighted by Crippen LogP contribution is 2.40. The Kier molecular flexibility index (Phi) is 7.12. The van der Waals surface area contributed by atoms with Crippen molar-refractivity contribution in [2.24, 2.45) is 5.92 Å². The summed E-state index contributed by atoms with van der Waals surface area (Å²) in [5, 5.41) is 9.86. The number of nitrogens with zero attached hydrogens (tertiary/aromatic N) is 1. The Bertz CT molecular complexity index is 1130. The van der Waals surface area contributed by atoms with E-state index >= 15 is 0 Å². The summed E-state index contributed by atoms with van der Waals surface area (Å²) in [6, 6.07) is 6.92. The largest absolute Gasteiger partial charge is 0.493 e. The molecular formula is C24H28F3NO5S. The van der Waals surface area contributed by atoms with E-state index in [9.17, 15) is 26.7 Å². The van der Waals surface area contributed by atoms with Gasteiger partial charge in [0.15, 0.2) is 0 Å². The first-order valence-corrected chi connectivity index (χ1v) is 12.7. The van der Waals surface area contributed by atoms with Gasteiger partial charge < -0.3 is 14.6 Å². The lowest BCUT2D eigenvalue weighted by molar-refractivity contribution is -0.137. The van der Waals surface area contributed by atoms with Crippen molar-refractivity contribution in [1.29, 1.82) is 0 Å². The van der Waals surface area contributed by atoms with E-state index in [-0.39, 0.29) is 10.6 Å². The maximum Gasteiger partial charge on any atom is 0.416 e. The third-order valence-electron chi connectivity index (χ3n) is 6.46. The number of benzene rings is 2. The quantitative estimate of drug-likeness (QED) is 0.632. The highest BCUT2D eigenvalue weighted by atomic mass is 32.2. The Morgan fingerprint density at radius 3 is 2.53 bits per heavy atom. The first-order valence-electron chi connectivity index (χ1n) is 11.3. The second-order valence-electron chi connectivity index (χ2n) is 8.82. The minimum absolute atomic E-state index is 0.0407. The van der Waals surface area contributed by atoms with E-state index in [1.807, 2.05) is 0 Å². The van der Waals surface area contributed by atoms with Crippen LogP contribution in [0.2, 0.25) is 0 Å². The Balaban J connectivity index is 1.65. The molecule has 0 unspecified atom stereocenters. The number of ether oxygens (including phenoxy) is 2. The van der Waals surface area contributed by atoms with Gasteiger partial charge in [0.2, 0.25) is 0 Å². The molecule has 1 N–H and O–H groups in total. The summed E-state index contributed by atoms with van der Waals surface area (Å²) in [6.45, 7) is 3.02. The average molecular weight is 500 g/mol. The number of aryl methyl sites for hydroxylation is 1. The zero-order chi connectivity index (χ0) is 24.5. The molecule has 0 radical (unpaired) electrons. The lowest BCUT2D eigenvalue weighted by Crippen LogP contribution is -2.42. The van der Waals surface area contributed by atoms with Crippen LogP contribution in [0, 0.1) is 5.92 Å². The fourth-order valence-electron chi connectivity index (χ4n) is 4.46. The number of halogens is 3. The first kappa shape index (κ1) is 24.8. The summed E-state index contributed by atoms with van der Waals surface area (Å²) >= 11 is 0. The van der Waals surface area contributed by atoms with Crippen LogP contribution in [0.1, 0.15) is 42.9 Å². The molecular weight excluding hydrogens is 471 g/mol. The summed E-state index contributed by atoms with van der Waals surface area (Å²) < 4.78 is 79.5. The second kappa shape index (κ2) is 9.75. The molecule has 34 heavy (non-hydrogen) atoms. The number of anilines is 1. The zero-order valence-electron chi connectivity index (χ0n) is 18.8. The minimum atomic E-state index is -4.58. The molecule has 10 heteroatoms. The van der Waals surface area contributed by atoms with E-state index in [2.05, 4.69) is 0 Å². The van der Waals surface area contributed by atoms with Crippen molar-refractivity contribution in [3.8, 4) is 5.75 Å². The van der Waals surface area contributed by atoms with E-state index in [0.717, 1.165) is 29.3 Å². The van der Waals surface area contributed by atoms with Crippen LogP contribution < -0.4 is 9.04 Å². The van der Waals surface area contributed by atoms with Gasteiger partial charge >= 0.3 is 6.18 Å². The van der Waals surface area contributed by atoms with E-state index in [4.69, 9.17) is 9.47 Å². The van der Waals surface area contributed by atoms with Crippen LogP contribution in [0.25, 0.3) is 0 Å². The lowest BCUT2D eigenvalue weighted by atomic mass is 9.97. The van der Waals surface area contributed by atoms with Crippen molar-refractivity contribution in [3.05, 3.63) is 53.1 Å². The molecule has 6 nitrogen and oxygen atoms in total. The number of aliphatic hydroxyl groups excluding tert-OH is 1. The molecule has 0 amide bonds. The Morgan fingerprint density at radius 2 is 1.85 bits per heavy atom. The van der Waals surface area contributed by atoms with Crippen molar-refractivity contribution in [2.45, 2.75) is 56.3 Å². The van der Waals surface area contributed by atoms with Gasteiger partial charge in [0.25, 0.3) is 10.0 Å². The van der Waals surface area contributed by atoms with Crippen molar-refractivity contribution >= 4 is 15.7 Å². The molecule has 2 aliphatic heterocycles. The van der Waals surface area contributed by atoms with Crippen LogP contribution in [-0.2, 0) is 34.0 Å². The fraction of sp³-hybridized carbons (Fsp3) is 0.500. The van der Waals surface area contributed by atoms with Gasteiger partial charge in [-0.1, -0.05) is 6.07 Å². The molecule has 2 aliphatic rings. The number of hydrogen-bond acceptors (Lipinski definition) is 5. The maximum atomic E-state index is 13.6. The van der Waals surface area contributed by atoms with Gasteiger partial charge in [0.1, 0.15) is 5.75 Å². The normalized spacial score (nSPS) is 19.7. The van der Waals surface area contributed by atoms with Crippen LogP contribution in [0.3, 0.4) is 0 Å². The van der Waals surface area contributed by atoms with Crippen molar-refractivity contribution in [3.63, 3.8) is 0 Å². The van der Waals surface area contributed by atoms with Gasteiger partial charge in [-0.3, -0.25) is 4.31 Å². The van der Waals surface area contributed by atoms with Crippen molar-refractivity contribution < 1.29 is 36.2 Å². The molecule has 4 rings (SSSR count). The fourth-order valence-corrected chi connectivity index (χ4v) is 6.22. The monoisotopic (exact) mass is 499 g/mol. The minimum Gasteiger partial charge on any atom is -0.493 e. The molecule has 0 aromatic heterocycles. The highest BCUT2D eigenvalue weighted by molar-refractivity contribution is 7.92. The van der Waals surface area contributed by atoms with Gasteiger partial charge in [-0.15, -0.1) is 0 Å². The molecule has 1 fully saturated rings. The molecule has 0 spiro atoms. The molecule has 2 heterocycles. The highest BCUT2D eigenvalue weighted by Gasteiger charge is 2.37.